The summed E-state index contributed by atoms with van der Waals surface area (Å²) in [6.07, 6.45) is 9.24. The number of rotatable bonds is 0. The van der Waals surface area contributed by atoms with E-state index in [1.54, 1.807) is 0 Å². The lowest BCUT2D eigenvalue weighted by atomic mass is 9.53. The summed E-state index contributed by atoms with van der Waals surface area (Å²) in [6.45, 7) is 9.07. The topological polar surface area (TPSA) is 60.8 Å². The van der Waals surface area contributed by atoms with Crippen molar-refractivity contribution in [2.45, 2.75) is 96.3 Å². The summed E-state index contributed by atoms with van der Waals surface area (Å²) in [6, 6.07) is 0.329. The number of carbonyl (C=O) groups is 1. The average Bonchev–Trinajstić information content (AvgIpc) is 3.05. The Labute approximate surface area is 188 Å². The van der Waals surface area contributed by atoms with E-state index in [4.69, 9.17) is 0 Å². The second-order valence-electron chi connectivity index (χ2n) is 13.3. The van der Waals surface area contributed by atoms with Gasteiger partial charge in [-0.3, -0.25) is 9.69 Å². The summed E-state index contributed by atoms with van der Waals surface area (Å²) in [5.74, 6) is 4.34. The van der Waals surface area contributed by atoms with Gasteiger partial charge in [0.1, 0.15) is 5.78 Å². The van der Waals surface area contributed by atoms with Crippen LogP contribution in [0.5, 0.6) is 0 Å². The molecule has 174 valence electrons. The zero-order chi connectivity index (χ0) is 21.7. The third-order valence-corrected chi connectivity index (χ3v) is 11.5. The predicted octanol–water partition coefficient (Wildman–Crippen LogP) is 3.89. The first-order valence-corrected chi connectivity index (χ1v) is 13.4. The first-order valence-electron chi connectivity index (χ1n) is 13.4. The molecule has 2 aliphatic heterocycles. The molecule has 0 amide bonds. The van der Waals surface area contributed by atoms with Gasteiger partial charge in [0.15, 0.2) is 0 Å². The van der Waals surface area contributed by atoms with Crippen molar-refractivity contribution in [2.75, 3.05) is 13.1 Å². The number of aliphatic hydroxyl groups is 2. The summed E-state index contributed by atoms with van der Waals surface area (Å²) >= 11 is 0. The van der Waals surface area contributed by atoms with Crippen LogP contribution in [0.1, 0.15) is 78.6 Å². The zero-order valence-electron chi connectivity index (χ0n) is 19.8. The van der Waals surface area contributed by atoms with Gasteiger partial charge >= 0.3 is 0 Å². The predicted molar refractivity (Wildman–Crippen MR) is 120 cm³/mol. The van der Waals surface area contributed by atoms with Gasteiger partial charge in [-0.2, -0.15) is 0 Å². The quantitative estimate of drug-likeness (QED) is 0.613. The Morgan fingerprint density at radius 1 is 0.935 bits per heavy atom. The summed E-state index contributed by atoms with van der Waals surface area (Å²) in [5, 5.41) is 22.1. The molecule has 12 atom stereocenters. The Balaban J connectivity index is 1.29. The molecular formula is C27H43NO3. The van der Waals surface area contributed by atoms with E-state index in [1.165, 1.54) is 12.8 Å². The highest BCUT2D eigenvalue weighted by Gasteiger charge is 2.63. The molecule has 0 aromatic heterocycles. The molecule has 31 heavy (non-hydrogen) atoms. The van der Waals surface area contributed by atoms with E-state index in [9.17, 15) is 15.0 Å². The van der Waals surface area contributed by atoms with E-state index in [0.717, 1.165) is 64.0 Å². The van der Waals surface area contributed by atoms with E-state index in [2.05, 4.69) is 25.7 Å². The number of fused-ring (bicyclic) bond motifs is 7. The van der Waals surface area contributed by atoms with Gasteiger partial charge < -0.3 is 10.2 Å². The molecule has 4 saturated carbocycles. The van der Waals surface area contributed by atoms with Crippen LogP contribution in [-0.2, 0) is 4.79 Å². The minimum atomic E-state index is -0.587. The van der Waals surface area contributed by atoms with E-state index in [0.29, 0.717) is 41.4 Å². The standard InChI is InChI=1S/C27H43NO3/c1-15-4-9-23-27(3,31)21-8-6-18-19(20(21)14-28(23)13-15)10-16-11-26(2)12-17(29)5-7-22(26)25(30)24(16)18/h15-24,29,31H,4-14H2,1-3H3/t15-,16?,17+,18?,19?,20?,21?,22+,23?,24?,26-,27-/m0/s1. The van der Waals surface area contributed by atoms with Crippen LogP contribution < -0.4 is 0 Å². The van der Waals surface area contributed by atoms with Crippen LogP contribution in [0.2, 0.25) is 0 Å². The molecule has 4 nitrogen and oxygen atoms in total. The number of hydrogen-bond donors (Lipinski definition) is 2. The van der Waals surface area contributed by atoms with E-state index in [1.807, 2.05) is 0 Å². The SMILES string of the molecule is C[C@H]1CCC2N(CC3C4CC5C[C@@]6(C)C[C@H](O)CC[C@@H]6C(=O)C5C4CCC3[C@]2(C)O)C1. The van der Waals surface area contributed by atoms with Crippen LogP contribution in [0.3, 0.4) is 0 Å². The van der Waals surface area contributed by atoms with Crippen molar-refractivity contribution < 1.29 is 15.0 Å². The maximum absolute atomic E-state index is 13.8. The van der Waals surface area contributed by atoms with Gasteiger partial charge in [0.2, 0.25) is 0 Å². The van der Waals surface area contributed by atoms with Gasteiger partial charge in [0.25, 0.3) is 0 Å². The van der Waals surface area contributed by atoms with Crippen molar-refractivity contribution in [2.24, 2.45) is 52.8 Å². The van der Waals surface area contributed by atoms with Crippen molar-refractivity contribution in [1.82, 2.24) is 4.90 Å². The normalized spacial score (nSPS) is 59.2. The second kappa shape index (κ2) is 7.03. The molecule has 6 fully saturated rings. The van der Waals surface area contributed by atoms with Crippen LogP contribution in [-0.4, -0.2) is 51.7 Å². The molecule has 2 N–H and O–H groups in total. The number of hydrogen-bond acceptors (Lipinski definition) is 4. The Bertz CT molecular complexity index is 751. The molecular weight excluding hydrogens is 386 g/mol. The maximum Gasteiger partial charge on any atom is 0.140 e. The highest BCUT2D eigenvalue weighted by molar-refractivity contribution is 5.86. The molecule has 0 radical (unpaired) electrons. The molecule has 0 spiro atoms. The Morgan fingerprint density at radius 2 is 1.74 bits per heavy atom. The van der Waals surface area contributed by atoms with Crippen LogP contribution in [0, 0.1) is 52.8 Å². The molecule has 4 aliphatic carbocycles. The molecule has 2 heterocycles. The largest absolute Gasteiger partial charge is 0.393 e. The molecule has 7 unspecified atom stereocenters. The monoisotopic (exact) mass is 429 g/mol. The molecule has 0 aromatic rings. The summed E-state index contributed by atoms with van der Waals surface area (Å²) in [7, 11) is 0. The first-order chi connectivity index (χ1) is 14.7. The van der Waals surface area contributed by atoms with E-state index >= 15 is 0 Å². The lowest BCUT2D eigenvalue weighted by Crippen LogP contribution is -2.67. The van der Waals surface area contributed by atoms with Crippen LogP contribution in [0.25, 0.3) is 0 Å². The molecule has 2 saturated heterocycles. The number of Topliss-reactive ketones (excluding diaryl/α,β-unsaturated/α-hetero) is 1. The lowest BCUT2D eigenvalue weighted by molar-refractivity contribution is -0.176. The van der Waals surface area contributed by atoms with Gasteiger partial charge in [-0.05, 0) is 106 Å². The molecule has 0 bridgehead atoms. The van der Waals surface area contributed by atoms with Gasteiger partial charge in [-0.15, -0.1) is 0 Å². The highest BCUT2D eigenvalue weighted by Crippen LogP contribution is 2.64. The number of ketones is 1. The molecule has 6 aliphatic rings. The van der Waals surface area contributed by atoms with Crippen LogP contribution >= 0.6 is 0 Å². The number of carbonyl (C=O) groups excluding carboxylic acids is 1. The summed E-state index contributed by atoms with van der Waals surface area (Å²) < 4.78 is 0. The summed E-state index contributed by atoms with van der Waals surface area (Å²) in [4.78, 5) is 16.5. The van der Waals surface area contributed by atoms with Crippen molar-refractivity contribution in [1.29, 1.82) is 0 Å². The minimum Gasteiger partial charge on any atom is -0.393 e. The fourth-order valence-electron chi connectivity index (χ4n) is 10.4. The lowest BCUT2D eigenvalue weighted by Gasteiger charge is -2.59. The molecule has 0 aromatic carbocycles. The number of piperidine rings is 2. The average molecular weight is 430 g/mol. The van der Waals surface area contributed by atoms with Crippen molar-refractivity contribution in [3.8, 4) is 0 Å². The second-order valence-corrected chi connectivity index (χ2v) is 13.3. The van der Waals surface area contributed by atoms with Crippen molar-refractivity contribution in [3.63, 3.8) is 0 Å². The number of aliphatic hydroxyl groups excluding tert-OH is 1. The maximum atomic E-state index is 13.8. The fraction of sp³-hybridized carbons (Fsp3) is 0.963. The zero-order valence-corrected chi connectivity index (χ0v) is 19.8. The van der Waals surface area contributed by atoms with Crippen molar-refractivity contribution >= 4 is 5.78 Å². The fourth-order valence-corrected chi connectivity index (χ4v) is 10.4. The number of nitrogens with zero attached hydrogens (tertiary/aromatic N) is 1. The first kappa shape index (κ1) is 21.1. The van der Waals surface area contributed by atoms with Crippen LogP contribution in [0.4, 0.5) is 0 Å². The molecule has 4 heteroatoms. The Morgan fingerprint density at radius 3 is 2.55 bits per heavy atom. The summed E-state index contributed by atoms with van der Waals surface area (Å²) in [5.41, 5.74) is -0.579. The Hall–Kier alpha value is -0.450. The smallest absolute Gasteiger partial charge is 0.140 e. The van der Waals surface area contributed by atoms with Gasteiger partial charge in [-0.1, -0.05) is 13.8 Å². The van der Waals surface area contributed by atoms with Gasteiger partial charge in [0, 0.05) is 31.0 Å². The van der Waals surface area contributed by atoms with Gasteiger partial charge in [-0.25, -0.2) is 0 Å². The highest BCUT2D eigenvalue weighted by atomic mass is 16.3. The van der Waals surface area contributed by atoms with Gasteiger partial charge in [0.05, 0.1) is 11.7 Å². The van der Waals surface area contributed by atoms with E-state index in [-0.39, 0.29) is 23.4 Å². The third-order valence-electron chi connectivity index (χ3n) is 11.5. The van der Waals surface area contributed by atoms with E-state index < -0.39 is 5.60 Å². The minimum absolute atomic E-state index is 0.00820. The third kappa shape index (κ3) is 2.99. The Kier molecular flexibility index (Phi) is 4.78. The van der Waals surface area contributed by atoms with Crippen LogP contribution in [0.15, 0.2) is 0 Å². The molecule has 6 rings (SSSR count). The van der Waals surface area contributed by atoms with Crippen molar-refractivity contribution in [3.05, 3.63) is 0 Å².